The van der Waals surface area contributed by atoms with Gasteiger partial charge in [-0.05, 0) is 42.5 Å². The van der Waals surface area contributed by atoms with E-state index in [4.69, 9.17) is 4.74 Å². The number of benzene rings is 1. The maximum Gasteiger partial charge on any atom is 0.254 e. The lowest BCUT2D eigenvalue weighted by Crippen LogP contribution is -2.40. The molecular formula is C19H22N2O4S2. The second kappa shape index (κ2) is 7.71. The minimum absolute atomic E-state index is 0.0806. The van der Waals surface area contributed by atoms with Crippen molar-refractivity contribution in [1.29, 1.82) is 0 Å². The number of rotatable bonds is 4. The Morgan fingerprint density at radius 1 is 1.11 bits per heavy atom. The second-order valence-corrected chi connectivity index (χ2v) is 9.63. The highest BCUT2D eigenvalue weighted by atomic mass is 32.2. The first-order valence-electron chi connectivity index (χ1n) is 9.10. The molecule has 2 fully saturated rings. The maximum atomic E-state index is 13.1. The predicted molar refractivity (Wildman–Crippen MR) is 103 cm³/mol. The summed E-state index contributed by atoms with van der Waals surface area (Å²) in [5, 5.41) is 2.02. The minimum Gasteiger partial charge on any atom is -0.379 e. The van der Waals surface area contributed by atoms with Gasteiger partial charge in [0.05, 0.1) is 24.2 Å². The molecule has 1 aromatic carbocycles. The third-order valence-corrected chi connectivity index (χ3v) is 7.94. The molecular weight excluding hydrogens is 384 g/mol. The van der Waals surface area contributed by atoms with Gasteiger partial charge in [-0.25, -0.2) is 8.42 Å². The van der Waals surface area contributed by atoms with Crippen LogP contribution in [0.4, 0.5) is 0 Å². The highest BCUT2D eigenvalue weighted by Gasteiger charge is 2.32. The molecule has 2 aromatic rings. The summed E-state index contributed by atoms with van der Waals surface area (Å²) in [7, 11) is -3.61. The van der Waals surface area contributed by atoms with Gasteiger partial charge in [-0.2, -0.15) is 4.31 Å². The van der Waals surface area contributed by atoms with E-state index >= 15 is 0 Å². The van der Waals surface area contributed by atoms with Gasteiger partial charge < -0.3 is 9.64 Å². The molecule has 0 radical (unpaired) electrons. The van der Waals surface area contributed by atoms with Crippen LogP contribution in [0.2, 0.25) is 0 Å². The Morgan fingerprint density at radius 3 is 2.67 bits per heavy atom. The first-order chi connectivity index (χ1) is 13.1. The summed E-state index contributed by atoms with van der Waals surface area (Å²) in [4.78, 5) is 16.3. The van der Waals surface area contributed by atoms with E-state index in [-0.39, 0.29) is 16.8 Å². The molecule has 0 aliphatic carbocycles. The molecule has 1 atom stereocenters. The predicted octanol–water partition coefficient (Wildman–Crippen LogP) is 2.75. The van der Waals surface area contributed by atoms with E-state index in [1.165, 1.54) is 15.2 Å². The van der Waals surface area contributed by atoms with Crippen LogP contribution in [0.25, 0.3) is 0 Å². The fraction of sp³-hybridized carbons (Fsp3) is 0.421. The molecule has 0 N–H and O–H groups in total. The molecule has 27 heavy (non-hydrogen) atoms. The van der Waals surface area contributed by atoms with E-state index in [9.17, 15) is 13.2 Å². The van der Waals surface area contributed by atoms with Gasteiger partial charge in [-0.15, -0.1) is 11.3 Å². The zero-order valence-corrected chi connectivity index (χ0v) is 16.5. The van der Waals surface area contributed by atoms with Crippen molar-refractivity contribution < 1.29 is 17.9 Å². The minimum atomic E-state index is -3.61. The third kappa shape index (κ3) is 3.67. The monoisotopic (exact) mass is 406 g/mol. The smallest absolute Gasteiger partial charge is 0.254 e. The third-order valence-electron chi connectivity index (χ3n) is 5.07. The zero-order valence-electron chi connectivity index (χ0n) is 14.9. The molecule has 2 saturated heterocycles. The Balaban J connectivity index is 1.59. The molecule has 0 spiro atoms. The van der Waals surface area contributed by atoms with Crippen LogP contribution in [0.15, 0.2) is 46.7 Å². The van der Waals surface area contributed by atoms with E-state index in [2.05, 4.69) is 6.07 Å². The lowest BCUT2D eigenvalue weighted by Gasteiger charge is -2.27. The molecule has 6 nitrogen and oxygen atoms in total. The Bertz CT molecular complexity index is 906. The highest BCUT2D eigenvalue weighted by molar-refractivity contribution is 7.89. The van der Waals surface area contributed by atoms with Crippen molar-refractivity contribution in [2.24, 2.45) is 0 Å². The molecule has 1 amide bonds. The Morgan fingerprint density at radius 2 is 1.93 bits per heavy atom. The van der Waals surface area contributed by atoms with Gasteiger partial charge in [-0.1, -0.05) is 12.1 Å². The summed E-state index contributed by atoms with van der Waals surface area (Å²) in [5.41, 5.74) is 0.424. The van der Waals surface area contributed by atoms with E-state index in [1.54, 1.807) is 29.5 Å². The number of carbonyl (C=O) groups is 1. The molecule has 2 aliphatic rings. The van der Waals surface area contributed by atoms with Crippen LogP contribution in [0.5, 0.6) is 0 Å². The van der Waals surface area contributed by atoms with Crippen LogP contribution >= 0.6 is 11.3 Å². The number of nitrogens with zero attached hydrogens (tertiary/aromatic N) is 2. The molecule has 4 rings (SSSR count). The topological polar surface area (TPSA) is 66.9 Å². The quantitative estimate of drug-likeness (QED) is 0.783. The Hall–Kier alpha value is -1.74. The molecule has 3 heterocycles. The fourth-order valence-corrected chi connectivity index (χ4v) is 6.01. The fourth-order valence-electron chi connectivity index (χ4n) is 3.68. The van der Waals surface area contributed by atoms with E-state index in [0.29, 0.717) is 38.4 Å². The Kier molecular flexibility index (Phi) is 5.32. The SMILES string of the molecule is O=C(c1cccc(S(=O)(=O)N2CCOCC2)c1)N1CCCC1c1cccs1. The summed E-state index contributed by atoms with van der Waals surface area (Å²) >= 11 is 1.65. The number of sulfonamides is 1. The van der Waals surface area contributed by atoms with Crippen LogP contribution in [-0.2, 0) is 14.8 Å². The molecule has 0 saturated carbocycles. The molecule has 144 valence electrons. The number of thiophene rings is 1. The summed E-state index contributed by atoms with van der Waals surface area (Å²) in [6.07, 6.45) is 1.90. The van der Waals surface area contributed by atoms with Crippen molar-refractivity contribution in [2.75, 3.05) is 32.8 Å². The number of ether oxygens (including phenoxy) is 1. The van der Waals surface area contributed by atoms with Crippen molar-refractivity contribution in [3.8, 4) is 0 Å². The lowest BCUT2D eigenvalue weighted by molar-refractivity contribution is 0.0728. The van der Waals surface area contributed by atoms with Crippen molar-refractivity contribution in [2.45, 2.75) is 23.8 Å². The summed E-state index contributed by atoms with van der Waals surface area (Å²) in [6, 6.07) is 10.6. The number of hydrogen-bond acceptors (Lipinski definition) is 5. The van der Waals surface area contributed by atoms with Crippen molar-refractivity contribution in [1.82, 2.24) is 9.21 Å². The molecule has 2 aliphatic heterocycles. The van der Waals surface area contributed by atoms with E-state index in [0.717, 1.165) is 12.8 Å². The average Bonchev–Trinajstić information content (AvgIpc) is 3.39. The number of amides is 1. The van der Waals surface area contributed by atoms with Crippen LogP contribution < -0.4 is 0 Å². The average molecular weight is 407 g/mol. The van der Waals surface area contributed by atoms with Gasteiger partial charge in [0.15, 0.2) is 0 Å². The molecule has 8 heteroatoms. The Labute approximate surface area is 163 Å². The van der Waals surface area contributed by atoms with Gasteiger partial charge in [0.1, 0.15) is 0 Å². The number of hydrogen-bond donors (Lipinski definition) is 0. The normalized spacial score (nSPS) is 21.5. The summed E-state index contributed by atoms with van der Waals surface area (Å²) < 4.78 is 32.4. The van der Waals surface area contributed by atoms with Crippen LogP contribution in [0, 0.1) is 0 Å². The first-order valence-corrected chi connectivity index (χ1v) is 11.4. The zero-order chi connectivity index (χ0) is 18.9. The number of carbonyl (C=O) groups excluding carboxylic acids is 1. The highest BCUT2D eigenvalue weighted by Crippen LogP contribution is 2.35. The van der Waals surface area contributed by atoms with Crippen molar-refractivity contribution in [3.05, 3.63) is 52.2 Å². The second-order valence-electron chi connectivity index (χ2n) is 6.72. The van der Waals surface area contributed by atoms with Crippen LogP contribution in [-0.4, -0.2) is 56.4 Å². The maximum absolute atomic E-state index is 13.1. The summed E-state index contributed by atoms with van der Waals surface area (Å²) in [6.45, 7) is 2.17. The van der Waals surface area contributed by atoms with Gasteiger partial charge in [0, 0.05) is 30.1 Å². The number of morpholine rings is 1. The van der Waals surface area contributed by atoms with Gasteiger partial charge in [-0.3, -0.25) is 4.79 Å². The number of likely N-dealkylation sites (tertiary alicyclic amines) is 1. The van der Waals surface area contributed by atoms with Crippen molar-refractivity contribution in [3.63, 3.8) is 0 Å². The van der Waals surface area contributed by atoms with Gasteiger partial charge in [0.25, 0.3) is 5.91 Å². The van der Waals surface area contributed by atoms with Gasteiger partial charge >= 0.3 is 0 Å². The van der Waals surface area contributed by atoms with Crippen LogP contribution in [0.1, 0.15) is 34.1 Å². The largest absolute Gasteiger partial charge is 0.379 e. The van der Waals surface area contributed by atoms with Crippen molar-refractivity contribution >= 4 is 27.3 Å². The van der Waals surface area contributed by atoms with Gasteiger partial charge in [0.2, 0.25) is 10.0 Å². The van der Waals surface area contributed by atoms with E-state index in [1.807, 2.05) is 16.3 Å². The lowest BCUT2D eigenvalue weighted by atomic mass is 10.1. The first kappa shape index (κ1) is 18.6. The standard InChI is InChI=1S/C19H22N2O4S2/c22-19(21-8-2-6-17(21)18-7-3-13-26-18)15-4-1-5-16(14-15)27(23,24)20-9-11-25-12-10-20/h1,3-5,7,13-14,17H,2,6,8-12H2. The van der Waals surface area contributed by atoms with E-state index < -0.39 is 10.0 Å². The molecule has 1 aromatic heterocycles. The molecule has 1 unspecified atom stereocenters. The van der Waals surface area contributed by atoms with Crippen LogP contribution in [0.3, 0.4) is 0 Å². The summed E-state index contributed by atoms with van der Waals surface area (Å²) in [5.74, 6) is -0.107. The molecule has 0 bridgehead atoms.